The fourth-order valence-electron chi connectivity index (χ4n) is 2.96. The van der Waals surface area contributed by atoms with Crippen LogP contribution >= 0.6 is 0 Å². The van der Waals surface area contributed by atoms with Crippen LogP contribution in [0.2, 0.25) is 0 Å². The minimum atomic E-state index is 0.367. The maximum atomic E-state index is 5.68. The van der Waals surface area contributed by atoms with Crippen LogP contribution in [0.3, 0.4) is 0 Å². The number of fused-ring (bicyclic) bond motifs is 1. The zero-order chi connectivity index (χ0) is 14.5. The second kappa shape index (κ2) is 6.80. The summed E-state index contributed by atoms with van der Waals surface area (Å²) in [6.07, 6.45) is 7.45. The van der Waals surface area contributed by atoms with Crippen LogP contribution in [0.5, 0.6) is 11.5 Å². The van der Waals surface area contributed by atoms with Gasteiger partial charge >= 0.3 is 0 Å². The average molecular weight is 289 g/mol. The van der Waals surface area contributed by atoms with Crippen LogP contribution in [0.25, 0.3) is 0 Å². The highest BCUT2D eigenvalue weighted by Crippen LogP contribution is 2.31. The van der Waals surface area contributed by atoms with E-state index in [1.54, 1.807) is 0 Å². The molecule has 5 heteroatoms. The molecular formula is C16H23N3O2. The first-order valence-electron chi connectivity index (χ1n) is 7.81. The maximum absolute atomic E-state index is 5.68. The number of hydrogen-bond donors (Lipinski definition) is 2. The summed E-state index contributed by atoms with van der Waals surface area (Å²) in [6.45, 7) is 1.19. The zero-order valence-electron chi connectivity index (χ0n) is 12.3. The number of benzene rings is 1. The minimum absolute atomic E-state index is 0.367. The fraction of sp³-hybridized carbons (Fsp3) is 0.562. The number of nitrogens with one attached hydrogen (secondary N) is 1. The van der Waals surface area contributed by atoms with E-state index < -0.39 is 0 Å². The van der Waals surface area contributed by atoms with E-state index in [4.69, 9.17) is 20.3 Å². The van der Waals surface area contributed by atoms with Gasteiger partial charge in [0, 0.05) is 5.56 Å². The Hall–Kier alpha value is -1.75. The Balaban J connectivity index is 1.81. The van der Waals surface area contributed by atoms with Crippen LogP contribution in [0.4, 0.5) is 0 Å². The summed E-state index contributed by atoms with van der Waals surface area (Å²) in [4.78, 5) is 4.82. The number of aliphatic imine (C=N–C) groups is 1. The van der Waals surface area contributed by atoms with Crippen molar-refractivity contribution in [3.05, 3.63) is 23.8 Å². The maximum Gasteiger partial charge on any atom is 0.162 e. The van der Waals surface area contributed by atoms with E-state index in [-0.39, 0.29) is 0 Å². The van der Waals surface area contributed by atoms with Gasteiger partial charge in [-0.2, -0.15) is 0 Å². The Morgan fingerprint density at radius 3 is 2.48 bits per heavy atom. The standard InChI is InChI=1S/C16H23N3O2/c17-19-16(18-13-5-3-1-2-4-6-13)12-7-8-14-15(11-12)21-10-9-20-14/h7-8,11,13H,1-6,9-10,17H2,(H,18,19). The molecule has 114 valence electrons. The normalized spacial score (nSPS) is 20.0. The van der Waals surface area contributed by atoms with Crippen LogP contribution in [0.1, 0.15) is 44.1 Å². The molecule has 1 heterocycles. The predicted octanol–water partition coefficient (Wildman–Crippen LogP) is 2.39. The Bertz CT molecular complexity index is 508. The Morgan fingerprint density at radius 1 is 1.05 bits per heavy atom. The molecule has 1 aromatic rings. The molecule has 5 nitrogen and oxygen atoms in total. The molecule has 0 unspecified atom stereocenters. The molecular weight excluding hydrogens is 266 g/mol. The molecule has 0 spiro atoms. The van der Waals surface area contributed by atoms with Crippen molar-refractivity contribution in [2.45, 2.75) is 44.6 Å². The van der Waals surface area contributed by atoms with E-state index in [9.17, 15) is 0 Å². The van der Waals surface area contributed by atoms with Crippen molar-refractivity contribution < 1.29 is 9.47 Å². The van der Waals surface area contributed by atoms with E-state index in [0.717, 1.165) is 35.7 Å². The second-order valence-corrected chi connectivity index (χ2v) is 5.63. The summed E-state index contributed by atoms with van der Waals surface area (Å²) in [7, 11) is 0. The van der Waals surface area contributed by atoms with Gasteiger partial charge in [-0.05, 0) is 31.0 Å². The summed E-state index contributed by atoms with van der Waals surface area (Å²) < 4.78 is 11.2. The largest absolute Gasteiger partial charge is 0.486 e. The third-order valence-electron chi connectivity index (χ3n) is 4.09. The van der Waals surface area contributed by atoms with Gasteiger partial charge in [0.1, 0.15) is 19.0 Å². The lowest BCUT2D eigenvalue weighted by molar-refractivity contribution is 0.171. The van der Waals surface area contributed by atoms with Gasteiger partial charge in [-0.25, -0.2) is 5.84 Å². The number of amidine groups is 1. The first-order valence-corrected chi connectivity index (χ1v) is 7.81. The fourth-order valence-corrected chi connectivity index (χ4v) is 2.96. The summed E-state index contributed by atoms with van der Waals surface area (Å²) in [5.41, 5.74) is 3.70. The molecule has 0 saturated heterocycles. The van der Waals surface area contributed by atoms with E-state index in [2.05, 4.69) is 5.43 Å². The highest BCUT2D eigenvalue weighted by atomic mass is 16.6. The van der Waals surface area contributed by atoms with E-state index in [1.165, 1.54) is 25.7 Å². The van der Waals surface area contributed by atoms with Crippen LogP contribution in [-0.2, 0) is 0 Å². The van der Waals surface area contributed by atoms with Gasteiger partial charge in [-0.3, -0.25) is 4.99 Å². The summed E-state index contributed by atoms with van der Waals surface area (Å²) >= 11 is 0. The van der Waals surface area contributed by atoms with Crippen molar-refractivity contribution in [3.63, 3.8) is 0 Å². The number of rotatable bonds is 2. The molecule has 1 aliphatic carbocycles. The molecule has 1 saturated carbocycles. The highest BCUT2D eigenvalue weighted by molar-refractivity contribution is 5.99. The molecule has 0 atom stereocenters. The van der Waals surface area contributed by atoms with Gasteiger partial charge in [-0.1, -0.05) is 25.7 Å². The first kappa shape index (κ1) is 14.2. The lowest BCUT2D eigenvalue weighted by atomic mass is 10.1. The summed E-state index contributed by atoms with van der Waals surface area (Å²) in [6, 6.07) is 6.21. The number of hydrogen-bond acceptors (Lipinski definition) is 4. The van der Waals surface area contributed by atoms with Crippen LogP contribution in [-0.4, -0.2) is 25.1 Å². The SMILES string of the molecule is NNC(=NC1CCCCCC1)c1ccc2c(c1)OCCO2. The Labute approximate surface area is 125 Å². The van der Waals surface area contributed by atoms with Crippen LogP contribution in [0.15, 0.2) is 23.2 Å². The Morgan fingerprint density at radius 2 is 1.76 bits per heavy atom. The summed E-state index contributed by atoms with van der Waals surface area (Å²) in [5, 5.41) is 0. The third-order valence-corrected chi connectivity index (χ3v) is 4.09. The van der Waals surface area contributed by atoms with Gasteiger partial charge in [0.15, 0.2) is 11.5 Å². The molecule has 0 radical (unpaired) electrons. The molecule has 21 heavy (non-hydrogen) atoms. The topological polar surface area (TPSA) is 68.9 Å². The lowest BCUT2D eigenvalue weighted by Crippen LogP contribution is -2.32. The number of nitrogens with two attached hydrogens (primary N) is 1. The molecule has 3 rings (SSSR count). The average Bonchev–Trinajstić information content (AvgIpc) is 2.81. The molecule has 0 bridgehead atoms. The van der Waals surface area contributed by atoms with Crippen molar-refractivity contribution in [2.75, 3.05) is 13.2 Å². The smallest absolute Gasteiger partial charge is 0.162 e. The van der Waals surface area contributed by atoms with Gasteiger partial charge in [0.05, 0.1) is 6.04 Å². The van der Waals surface area contributed by atoms with Crippen LogP contribution in [0, 0.1) is 0 Å². The minimum Gasteiger partial charge on any atom is -0.486 e. The van der Waals surface area contributed by atoms with Gasteiger partial charge in [0.2, 0.25) is 0 Å². The predicted molar refractivity (Wildman–Crippen MR) is 82.8 cm³/mol. The van der Waals surface area contributed by atoms with Crippen LogP contribution < -0.4 is 20.7 Å². The molecule has 1 aliphatic heterocycles. The molecule has 1 fully saturated rings. The number of nitrogens with zero attached hydrogens (tertiary/aromatic N) is 1. The summed E-state index contributed by atoms with van der Waals surface area (Å²) in [5.74, 6) is 7.97. The van der Waals surface area contributed by atoms with Gasteiger partial charge < -0.3 is 14.9 Å². The lowest BCUT2D eigenvalue weighted by Gasteiger charge is -2.19. The molecule has 3 N–H and O–H groups in total. The van der Waals surface area contributed by atoms with Crippen molar-refractivity contribution in [3.8, 4) is 11.5 Å². The molecule has 2 aliphatic rings. The van der Waals surface area contributed by atoms with E-state index >= 15 is 0 Å². The van der Waals surface area contributed by atoms with E-state index in [0.29, 0.717) is 19.3 Å². The molecule has 0 amide bonds. The zero-order valence-corrected chi connectivity index (χ0v) is 12.3. The first-order chi connectivity index (χ1) is 10.4. The van der Waals surface area contributed by atoms with E-state index in [1.807, 2.05) is 18.2 Å². The second-order valence-electron chi connectivity index (χ2n) is 5.63. The Kier molecular flexibility index (Phi) is 4.60. The van der Waals surface area contributed by atoms with Crippen molar-refractivity contribution >= 4 is 5.84 Å². The number of hydrazine groups is 1. The van der Waals surface area contributed by atoms with Gasteiger partial charge in [0.25, 0.3) is 0 Å². The van der Waals surface area contributed by atoms with Crippen molar-refractivity contribution in [1.82, 2.24) is 5.43 Å². The number of ether oxygens (including phenoxy) is 2. The quantitative estimate of drug-likeness (QED) is 0.288. The van der Waals surface area contributed by atoms with Crippen molar-refractivity contribution in [2.24, 2.45) is 10.8 Å². The highest BCUT2D eigenvalue weighted by Gasteiger charge is 2.16. The van der Waals surface area contributed by atoms with Crippen molar-refractivity contribution in [1.29, 1.82) is 0 Å². The third kappa shape index (κ3) is 3.47. The van der Waals surface area contributed by atoms with Gasteiger partial charge in [-0.15, -0.1) is 0 Å². The molecule has 0 aromatic heterocycles. The molecule has 1 aromatic carbocycles. The monoisotopic (exact) mass is 289 g/mol.